The van der Waals surface area contributed by atoms with Gasteiger partial charge in [0.05, 0.1) is 4.92 Å². The van der Waals surface area contributed by atoms with Crippen molar-refractivity contribution in [2.75, 3.05) is 5.32 Å². The maximum absolute atomic E-state index is 10.5. The van der Waals surface area contributed by atoms with Gasteiger partial charge in [-0.1, -0.05) is 4.98 Å². The molecule has 0 aliphatic rings. The van der Waals surface area contributed by atoms with Crippen LogP contribution in [0.4, 0.5) is 23.3 Å². The van der Waals surface area contributed by atoms with E-state index in [9.17, 15) is 20.2 Å². The van der Waals surface area contributed by atoms with E-state index in [4.69, 9.17) is 0 Å². The number of nitrogens with zero attached hydrogens (tertiary/aromatic N) is 5. The SMILES string of the molecule is O=[N+]([O-])c1ccc(Nc2ncnc([N+](=O)[O-])n2)cc1. The molecule has 0 spiro atoms. The molecule has 0 saturated carbocycles. The second-order valence-corrected chi connectivity index (χ2v) is 3.30. The highest BCUT2D eigenvalue weighted by Crippen LogP contribution is 2.18. The Kier molecular flexibility index (Phi) is 3.23. The van der Waals surface area contributed by atoms with Crippen LogP contribution < -0.4 is 5.32 Å². The molecule has 1 aromatic heterocycles. The van der Waals surface area contributed by atoms with Gasteiger partial charge in [0.1, 0.15) is 0 Å². The van der Waals surface area contributed by atoms with E-state index in [-0.39, 0.29) is 11.6 Å². The molecule has 2 rings (SSSR count). The van der Waals surface area contributed by atoms with Crippen LogP contribution in [0.15, 0.2) is 30.6 Å². The predicted octanol–water partition coefficient (Wildman–Crippen LogP) is 1.43. The summed E-state index contributed by atoms with van der Waals surface area (Å²) in [6.07, 6.45) is 0.999. The van der Waals surface area contributed by atoms with Crippen LogP contribution in [0, 0.1) is 20.2 Å². The van der Waals surface area contributed by atoms with Gasteiger partial charge in [0.25, 0.3) is 5.69 Å². The van der Waals surface area contributed by atoms with Gasteiger partial charge in [-0.15, -0.1) is 0 Å². The molecule has 1 N–H and O–H groups in total. The molecule has 0 aliphatic heterocycles. The summed E-state index contributed by atoms with van der Waals surface area (Å²) in [7, 11) is 0. The van der Waals surface area contributed by atoms with Crippen molar-refractivity contribution in [1.29, 1.82) is 0 Å². The Balaban J connectivity index is 2.19. The van der Waals surface area contributed by atoms with Gasteiger partial charge < -0.3 is 15.4 Å². The van der Waals surface area contributed by atoms with Crippen LogP contribution in [0.25, 0.3) is 0 Å². The Hall–Kier alpha value is -3.17. The standard InChI is InChI=1S/C9H6N6O4/c16-14(17)7-3-1-6(2-4-7)12-8-10-5-11-9(13-8)15(18)19/h1-5H,(H,10,11,12,13). The highest BCUT2D eigenvalue weighted by molar-refractivity contribution is 5.55. The third-order valence-corrected chi connectivity index (χ3v) is 2.06. The van der Waals surface area contributed by atoms with Gasteiger partial charge in [-0.2, -0.15) is 4.98 Å². The van der Waals surface area contributed by atoms with Gasteiger partial charge >= 0.3 is 11.9 Å². The van der Waals surface area contributed by atoms with Crippen molar-refractivity contribution >= 4 is 23.3 Å². The molecule has 0 aliphatic carbocycles. The van der Waals surface area contributed by atoms with Crippen LogP contribution in [0.1, 0.15) is 0 Å². The van der Waals surface area contributed by atoms with Crippen LogP contribution in [0.3, 0.4) is 0 Å². The Labute approximate surface area is 105 Å². The molecule has 2 aromatic rings. The topological polar surface area (TPSA) is 137 Å². The van der Waals surface area contributed by atoms with Crippen molar-refractivity contribution in [3.63, 3.8) is 0 Å². The highest BCUT2D eigenvalue weighted by Gasteiger charge is 2.12. The zero-order valence-corrected chi connectivity index (χ0v) is 9.26. The Bertz CT molecular complexity index is 629. The molecule has 10 nitrogen and oxygen atoms in total. The first-order chi connectivity index (χ1) is 9.06. The van der Waals surface area contributed by atoms with E-state index >= 15 is 0 Å². The summed E-state index contributed by atoms with van der Waals surface area (Å²) in [5.41, 5.74) is 0.401. The number of benzene rings is 1. The van der Waals surface area contributed by atoms with Crippen molar-refractivity contribution in [3.8, 4) is 0 Å². The number of aromatic nitrogens is 3. The number of hydrogen-bond donors (Lipinski definition) is 1. The van der Waals surface area contributed by atoms with Gasteiger partial charge in [-0.3, -0.25) is 10.1 Å². The molecule has 1 heterocycles. The molecule has 96 valence electrons. The number of hydrogen-bond acceptors (Lipinski definition) is 8. The van der Waals surface area contributed by atoms with E-state index in [1.54, 1.807) is 0 Å². The number of nitro groups is 2. The number of non-ortho nitro benzene ring substituents is 1. The molecule has 0 fully saturated rings. The highest BCUT2D eigenvalue weighted by atomic mass is 16.6. The van der Waals surface area contributed by atoms with Crippen molar-refractivity contribution in [2.45, 2.75) is 0 Å². The minimum atomic E-state index is -0.747. The predicted molar refractivity (Wildman–Crippen MR) is 62.9 cm³/mol. The number of rotatable bonds is 4. The van der Waals surface area contributed by atoms with E-state index in [0.717, 1.165) is 6.33 Å². The zero-order chi connectivity index (χ0) is 13.8. The molecule has 0 atom stereocenters. The van der Waals surface area contributed by atoms with Crippen LogP contribution in [-0.4, -0.2) is 24.8 Å². The van der Waals surface area contributed by atoms with Crippen molar-refractivity contribution in [3.05, 3.63) is 50.8 Å². The lowest BCUT2D eigenvalue weighted by Gasteiger charge is -2.01. The Morgan fingerprint density at radius 1 is 1.00 bits per heavy atom. The third kappa shape index (κ3) is 2.94. The first kappa shape index (κ1) is 12.3. The smallest absolute Gasteiger partial charge is 0.390 e. The van der Waals surface area contributed by atoms with E-state index in [0.29, 0.717) is 5.69 Å². The Morgan fingerprint density at radius 3 is 2.26 bits per heavy atom. The lowest BCUT2D eigenvalue weighted by molar-refractivity contribution is -0.394. The van der Waals surface area contributed by atoms with Crippen LogP contribution in [0.5, 0.6) is 0 Å². The zero-order valence-electron chi connectivity index (χ0n) is 9.26. The van der Waals surface area contributed by atoms with Crippen LogP contribution >= 0.6 is 0 Å². The summed E-state index contributed by atoms with van der Waals surface area (Å²) in [5.74, 6) is -0.602. The van der Waals surface area contributed by atoms with E-state index in [1.165, 1.54) is 24.3 Å². The molecular weight excluding hydrogens is 256 g/mol. The fraction of sp³-hybridized carbons (Fsp3) is 0. The number of nitrogens with one attached hydrogen (secondary N) is 1. The van der Waals surface area contributed by atoms with Crippen molar-refractivity contribution in [1.82, 2.24) is 15.0 Å². The minimum absolute atomic E-state index is 0.0180. The number of nitro benzene ring substituents is 1. The molecule has 0 radical (unpaired) electrons. The minimum Gasteiger partial charge on any atom is -0.390 e. The molecule has 0 saturated heterocycles. The van der Waals surface area contributed by atoms with Crippen LogP contribution in [-0.2, 0) is 0 Å². The molecule has 10 heteroatoms. The quantitative estimate of drug-likeness (QED) is 0.645. The fourth-order valence-corrected chi connectivity index (χ4v) is 1.23. The lowest BCUT2D eigenvalue weighted by atomic mass is 10.3. The first-order valence-electron chi connectivity index (χ1n) is 4.91. The molecule has 0 amide bonds. The monoisotopic (exact) mass is 262 g/mol. The fourth-order valence-electron chi connectivity index (χ4n) is 1.23. The average molecular weight is 262 g/mol. The van der Waals surface area contributed by atoms with Gasteiger partial charge in [0, 0.05) is 17.8 Å². The van der Waals surface area contributed by atoms with Crippen molar-refractivity contribution < 1.29 is 9.85 Å². The van der Waals surface area contributed by atoms with Gasteiger partial charge in [0.2, 0.25) is 6.33 Å². The summed E-state index contributed by atoms with van der Waals surface area (Å²) >= 11 is 0. The summed E-state index contributed by atoms with van der Waals surface area (Å²) in [6.45, 7) is 0. The molecular formula is C9H6N6O4. The lowest BCUT2D eigenvalue weighted by Crippen LogP contribution is -2.02. The van der Waals surface area contributed by atoms with Crippen molar-refractivity contribution in [2.24, 2.45) is 0 Å². The summed E-state index contributed by atoms with van der Waals surface area (Å²) in [4.78, 5) is 30.3. The molecule has 0 bridgehead atoms. The third-order valence-electron chi connectivity index (χ3n) is 2.06. The first-order valence-corrected chi connectivity index (χ1v) is 4.91. The van der Waals surface area contributed by atoms with E-state index < -0.39 is 15.8 Å². The van der Waals surface area contributed by atoms with Gasteiger partial charge in [-0.05, 0) is 22.0 Å². The normalized spacial score (nSPS) is 9.89. The summed E-state index contributed by atoms with van der Waals surface area (Å²) < 4.78 is 0. The Morgan fingerprint density at radius 2 is 1.68 bits per heavy atom. The molecule has 19 heavy (non-hydrogen) atoms. The second kappa shape index (κ2) is 5.00. The second-order valence-electron chi connectivity index (χ2n) is 3.30. The maximum Gasteiger partial charge on any atom is 0.473 e. The largest absolute Gasteiger partial charge is 0.473 e. The van der Waals surface area contributed by atoms with E-state index in [2.05, 4.69) is 20.3 Å². The summed E-state index contributed by atoms with van der Waals surface area (Å²) in [6, 6.07) is 5.46. The van der Waals surface area contributed by atoms with Crippen LogP contribution in [0.2, 0.25) is 0 Å². The average Bonchev–Trinajstić information content (AvgIpc) is 2.39. The molecule has 1 aromatic carbocycles. The maximum atomic E-state index is 10.5. The van der Waals surface area contributed by atoms with Gasteiger partial charge in [0.15, 0.2) is 0 Å². The van der Waals surface area contributed by atoms with E-state index in [1.807, 2.05) is 0 Å². The molecule has 0 unspecified atom stereocenters. The summed E-state index contributed by atoms with van der Waals surface area (Å²) in [5, 5.41) is 23.6. The number of anilines is 2. The van der Waals surface area contributed by atoms with Gasteiger partial charge in [-0.25, -0.2) is 0 Å².